The number of aryl methyl sites for hydroxylation is 1. The molecule has 1 fully saturated rings. The zero-order valence-corrected chi connectivity index (χ0v) is 8.92. The van der Waals surface area contributed by atoms with Gasteiger partial charge in [0.15, 0.2) is 0 Å². The number of nitrogens with zero attached hydrogens (tertiary/aromatic N) is 1. The van der Waals surface area contributed by atoms with Gasteiger partial charge in [0.05, 0.1) is 0 Å². The van der Waals surface area contributed by atoms with Gasteiger partial charge in [0.25, 0.3) is 5.56 Å². The van der Waals surface area contributed by atoms with Crippen LogP contribution in [0.1, 0.15) is 43.3 Å². The van der Waals surface area contributed by atoms with Crippen LogP contribution < -0.4 is 5.56 Å². The molecule has 0 saturated heterocycles. The predicted octanol–water partition coefficient (Wildman–Crippen LogP) is 1.76. The van der Waals surface area contributed by atoms with Gasteiger partial charge < -0.3 is 4.98 Å². The Morgan fingerprint density at radius 2 is 2.21 bits per heavy atom. The molecule has 0 radical (unpaired) electrons. The monoisotopic (exact) mass is 192 g/mol. The van der Waals surface area contributed by atoms with Crippen molar-refractivity contribution in [3.63, 3.8) is 0 Å². The van der Waals surface area contributed by atoms with Gasteiger partial charge >= 0.3 is 0 Å². The molecule has 76 valence electrons. The first-order valence-corrected chi connectivity index (χ1v) is 5.23. The van der Waals surface area contributed by atoms with Crippen LogP contribution in [-0.4, -0.2) is 9.97 Å². The standard InChI is InChI=1S/C11H16N2O/c1-4-8-7(3)12-10(13-11(8)14)9-5-6(9)2/h6,9H,4-5H2,1-3H3,(H,12,13,14). The van der Waals surface area contributed by atoms with E-state index in [2.05, 4.69) is 16.9 Å². The highest BCUT2D eigenvalue weighted by molar-refractivity contribution is 5.19. The highest BCUT2D eigenvalue weighted by atomic mass is 16.1. The smallest absolute Gasteiger partial charge is 0.254 e. The summed E-state index contributed by atoms with van der Waals surface area (Å²) in [4.78, 5) is 19.0. The van der Waals surface area contributed by atoms with E-state index in [9.17, 15) is 4.79 Å². The first kappa shape index (κ1) is 9.44. The molecule has 14 heavy (non-hydrogen) atoms. The molecule has 1 N–H and O–H groups in total. The summed E-state index contributed by atoms with van der Waals surface area (Å²) in [5.74, 6) is 2.06. The zero-order valence-electron chi connectivity index (χ0n) is 8.92. The summed E-state index contributed by atoms with van der Waals surface area (Å²) in [6, 6.07) is 0. The number of aromatic nitrogens is 2. The van der Waals surface area contributed by atoms with Crippen molar-refractivity contribution >= 4 is 0 Å². The minimum atomic E-state index is 0.0501. The Balaban J connectivity index is 2.42. The molecule has 3 heteroatoms. The molecule has 1 aromatic rings. The van der Waals surface area contributed by atoms with Gasteiger partial charge in [-0.3, -0.25) is 4.79 Å². The molecule has 1 aliphatic carbocycles. The maximum Gasteiger partial charge on any atom is 0.254 e. The number of hydrogen-bond donors (Lipinski definition) is 1. The molecule has 2 rings (SSSR count). The second kappa shape index (κ2) is 3.23. The quantitative estimate of drug-likeness (QED) is 0.776. The van der Waals surface area contributed by atoms with E-state index in [1.807, 2.05) is 13.8 Å². The minimum absolute atomic E-state index is 0.0501. The number of hydrogen-bond acceptors (Lipinski definition) is 2. The van der Waals surface area contributed by atoms with Crippen molar-refractivity contribution in [1.82, 2.24) is 9.97 Å². The van der Waals surface area contributed by atoms with Crippen molar-refractivity contribution < 1.29 is 0 Å². The fourth-order valence-electron chi connectivity index (χ4n) is 1.93. The SMILES string of the molecule is CCc1c(C)nc(C2CC2C)[nH]c1=O. The number of H-pyrrole nitrogens is 1. The van der Waals surface area contributed by atoms with Crippen LogP contribution in [-0.2, 0) is 6.42 Å². The van der Waals surface area contributed by atoms with E-state index in [-0.39, 0.29) is 5.56 Å². The van der Waals surface area contributed by atoms with Crippen LogP contribution in [0.5, 0.6) is 0 Å². The Kier molecular flexibility index (Phi) is 2.17. The molecule has 2 atom stereocenters. The maximum atomic E-state index is 11.6. The normalized spacial score (nSPS) is 25.1. The van der Waals surface area contributed by atoms with Crippen LogP contribution in [0.3, 0.4) is 0 Å². The van der Waals surface area contributed by atoms with E-state index in [0.29, 0.717) is 11.8 Å². The lowest BCUT2D eigenvalue weighted by molar-refractivity contribution is 0.807. The summed E-state index contributed by atoms with van der Waals surface area (Å²) in [6.07, 6.45) is 1.92. The number of rotatable bonds is 2. The highest BCUT2D eigenvalue weighted by Gasteiger charge is 2.36. The van der Waals surface area contributed by atoms with E-state index in [0.717, 1.165) is 29.9 Å². The average molecular weight is 192 g/mol. The Bertz CT molecular complexity index is 408. The van der Waals surface area contributed by atoms with Crippen LogP contribution in [0, 0.1) is 12.8 Å². The minimum Gasteiger partial charge on any atom is -0.310 e. The summed E-state index contributed by atoms with van der Waals surface area (Å²) >= 11 is 0. The van der Waals surface area contributed by atoms with Crippen LogP contribution in [0.25, 0.3) is 0 Å². The average Bonchev–Trinajstić information content (AvgIpc) is 2.82. The van der Waals surface area contributed by atoms with Gasteiger partial charge in [-0.2, -0.15) is 0 Å². The molecule has 3 nitrogen and oxygen atoms in total. The molecule has 0 bridgehead atoms. The van der Waals surface area contributed by atoms with Gasteiger partial charge in [0.1, 0.15) is 5.82 Å². The third-order valence-corrected chi connectivity index (χ3v) is 3.05. The van der Waals surface area contributed by atoms with Crippen molar-refractivity contribution in [1.29, 1.82) is 0 Å². The first-order chi connectivity index (χ1) is 6.63. The van der Waals surface area contributed by atoms with Gasteiger partial charge in [-0.15, -0.1) is 0 Å². The molecule has 0 aromatic carbocycles. The van der Waals surface area contributed by atoms with Crippen molar-refractivity contribution in [3.8, 4) is 0 Å². The van der Waals surface area contributed by atoms with E-state index in [4.69, 9.17) is 0 Å². The van der Waals surface area contributed by atoms with Crippen LogP contribution in [0.2, 0.25) is 0 Å². The Hall–Kier alpha value is -1.12. The van der Waals surface area contributed by atoms with Gasteiger partial charge in [-0.25, -0.2) is 4.98 Å². The van der Waals surface area contributed by atoms with E-state index in [1.165, 1.54) is 0 Å². The second-order valence-electron chi connectivity index (χ2n) is 4.19. The third-order valence-electron chi connectivity index (χ3n) is 3.05. The maximum absolute atomic E-state index is 11.6. The summed E-state index contributed by atoms with van der Waals surface area (Å²) in [5, 5.41) is 0. The summed E-state index contributed by atoms with van der Waals surface area (Å²) in [5.41, 5.74) is 1.77. The topological polar surface area (TPSA) is 45.8 Å². The Labute approximate surface area is 83.6 Å². The lowest BCUT2D eigenvalue weighted by Crippen LogP contribution is -2.18. The molecule has 1 aromatic heterocycles. The van der Waals surface area contributed by atoms with E-state index < -0.39 is 0 Å². The summed E-state index contributed by atoms with van der Waals surface area (Å²) < 4.78 is 0. The largest absolute Gasteiger partial charge is 0.310 e. The van der Waals surface area contributed by atoms with Gasteiger partial charge in [0.2, 0.25) is 0 Å². The highest BCUT2D eigenvalue weighted by Crippen LogP contribution is 2.44. The van der Waals surface area contributed by atoms with Crippen LogP contribution in [0.15, 0.2) is 4.79 Å². The van der Waals surface area contributed by atoms with Crippen LogP contribution >= 0.6 is 0 Å². The van der Waals surface area contributed by atoms with Crippen LogP contribution in [0.4, 0.5) is 0 Å². The molecular weight excluding hydrogens is 176 g/mol. The van der Waals surface area contributed by atoms with Crippen molar-refractivity contribution in [2.24, 2.45) is 5.92 Å². The zero-order chi connectivity index (χ0) is 10.3. The lowest BCUT2D eigenvalue weighted by Gasteiger charge is -2.04. The van der Waals surface area contributed by atoms with E-state index in [1.54, 1.807) is 0 Å². The Morgan fingerprint density at radius 1 is 1.57 bits per heavy atom. The van der Waals surface area contributed by atoms with Gasteiger partial charge in [-0.05, 0) is 25.7 Å². The second-order valence-corrected chi connectivity index (χ2v) is 4.19. The summed E-state index contributed by atoms with van der Waals surface area (Å²) in [7, 11) is 0. The van der Waals surface area contributed by atoms with Crippen molar-refractivity contribution in [2.45, 2.75) is 39.5 Å². The van der Waals surface area contributed by atoms with Crippen molar-refractivity contribution in [3.05, 3.63) is 27.4 Å². The first-order valence-electron chi connectivity index (χ1n) is 5.23. The van der Waals surface area contributed by atoms with Crippen molar-refractivity contribution in [2.75, 3.05) is 0 Å². The molecule has 1 saturated carbocycles. The molecule has 1 aliphatic rings. The summed E-state index contributed by atoms with van der Waals surface area (Å²) in [6.45, 7) is 6.09. The molecule has 0 spiro atoms. The number of nitrogens with one attached hydrogen (secondary N) is 1. The molecule has 0 aliphatic heterocycles. The van der Waals surface area contributed by atoms with E-state index >= 15 is 0 Å². The third kappa shape index (κ3) is 1.47. The Morgan fingerprint density at radius 3 is 2.64 bits per heavy atom. The fraction of sp³-hybridized carbons (Fsp3) is 0.636. The lowest BCUT2D eigenvalue weighted by atomic mass is 10.2. The molecule has 2 unspecified atom stereocenters. The van der Waals surface area contributed by atoms with Gasteiger partial charge in [0, 0.05) is 17.2 Å². The number of aromatic amines is 1. The fourth-order valence-corrected chi connectivity index (χ4v) is 1.93. The molecular formula is C11H16N2O. The molecule has 0 amide bonds. The predicted molar refractivity (Wildman–Crippen MR) is 55.5 cm³/mol. The van der Waals surface area contributed by atoms with Gasteiger partial charge in [-0.1, -0.05) is 13.8 Å². The molecule has 1 heterocycles.